The van der Waals surface area contributed by atoms with Crippen molar-refractivity contribution in [3.05, 3.63) is 47.6 Å². The SMILES string of the molecule is CCNC(=NCC(CO)c1ccccc1)NCCCc1nc(C)no1. The number of hydrogen-bond acceptors (Lipinski definition) is 5. The Kier molecular flexibility index (Phi) is 7.91. The summed E-state index contributed by atoms with van der Waals surface area (Å²) in [4.78, 5) is 8.78. The molecule has 25 heavy (non-hydrogen) atoms. The predicted octanol–water partition coefficient (Wildman–Crippen LogP) is 1.64. The number of aryl methyl sites for hydroxylation is 2. The first-order valence-electron chi connectivity index (χ1n) is 8.70. The number of nitrogens with one attached hydrogen (secondary N) is 2. The van der Waals surface area contributed by atoms with Gasteiger partial charge in [-0.2, -0.15) is 4.98 Å². The zero-order valence-corrected chi connectivity index (χ0v) is 14.9. The van der Waals surface area contributed by atoms with Gasteiger partial charge in [-0.1, -0.05) is 35.5 Å². The van der Waals surface area contributed by atoms with Gasteiger partial charge in [0.2, 0.25) is 5.89 Å². The number of hydrogen-bond donors (Lipinski definition) is 3. The third-order valence-electron chi connectivity index (χ3n) is 3.73. The van der Waals surface area contributed by atoms with E-state index in [-0.39, 0.29) is 12.5 Å². The van der Waals surface area contributed by atoms with Gasteiger partial charge in [0.15, 0.2) is 11.8 Å². The number of aromatic nitrogens is 2. The van der Waals surface area contributed by atoms with Crippen molar-refractivity contribution in [2.45, 2.75) is 32.6 Å². The third kappa shape index (κ3) is 6.54. The highest BCUT2D eigenvalue weighted by Crippen LogP contribution is 2.14. The van der Waals surface area contributed by atoms with E-state index in [4.69, 9.17) is 4.52 Å². The van der Waals surface area contributed by atoms with Crippen LogP contribution in [0.1, 0.15) is 36.5 Å². The van der Waals surface area contributed by atoms with E-state index in [2.05, 4.69) is 25.8 Å². The summed E-state index contributed by atoms with van der Waals surface area (Å²) in [5, 5.41) is 19.9. The lowest BCUT2D eigenvalue weighted by Gasteiger charge is -2.15. The van der Waals surface area contributed by atoms with E-state index in [0.717, 1.165) is 37.5 Å². The lowest BCUT2D eigenvalue weighted by molar-refractivity contribution is 0.268. The van der Waals surface area contributed by atoms with Crippen molar-refractivity contribution in [1.82, 2.24) is 20.8 Å². The second-order valence-corrected chi connectivity index (χ2v) is 5.78. The van der Waals surface area contributed by atoms with Crippen LogP contribution in [0.5, 0.6) is 0 Å². The Morgan fingerprint density at radius 2 is 2.08 bits per heavy atom. The maximum Gasteiger partial charge on any atom is 0.226 e. The lowest BCUT2D eigenvalue weighted by atomic mass is 10.0. The van der Waals surface area contributed by atoms with Crippen LogP contribution in [-0.2, 0) is 6.42 Å². The van der Waals surface area contributed by atoms with Crippen LogP contribution in [0.15, 0.2) is 39.8 Å². The Balaban J connectivity index is 1.82. The maximum atomic E-state index is 9.63. The Hall–Kier alpha value is -2.41. The molecule has 2 aromatic rings. The minimum atomic E-state index is -0.00183. The van der Waals surface area contributed by atoms with Gasteiger partial charge in [0, 0.05) is 25.4 Å². The fourth-order valence-corrected chi connectivity index (χ4v) is 2.42. The molecule has 1 unspecified atom stereocenters. The summed E-state index contributed by atoms with van der Waals surface area (Å²) < 4.78 is 5.10. The molecule has 0 radical (unpaired) electrons. The summed E-state index contributed by atoms with van der Waals surface area (Å²) in [6.07, 6.45) is 1.60. The van der Waals surface area contributed by atoms with Gasteiger partial charge in [-0.15, -0.1) is 0 Å². The fourth-order valence-electron chi connectivity index (χ4n) is 2.42. The van der Waals surface area contributed by atoms with E-state index in [1.54, 1.807) is 0 Å². The topological polar surface area (TPSA) is 95.6 Å². The summed E-state index contributed by atoms with van der Waals surface area (Å²) in [5.41, 5.74) is 1.09. The minimum Gasteiger partial charge on any atom is -0.396 e. The van der Waals surface area contributed by atoms with Crippen LogP contribution in [0.4, 0.5) is 0 Å². The highest BCUT2D eigenvalue weighted by Gasteiger charge is 2.10. The van der Waals surface area contributed by atoms with Crippen molar-refractivity contribution in [2.24, 2.45) is 4.99 Å². The van der Waals surface area contributed by atoms with Gasteiger partial charge in [0.25, 0.3) is 0 Å². The molecule has 0 saturated carbocycles. The molecule has 7 nitrogen and oxygen atoms in total. The predicted molar refractivity (Wildman–Crippen MR) is 97.6 cm³/mol. The Bertz CT molecular complexity index is 642. The number of nitrogens with zero attached hydrogens (tertiary/aromatic N) is 3. The molecule has 1 heterocycles. The first kappa shape index (κ1) is 18.9. The molecule has 1 atom stereocenters. The number of benzene rings is 1. The zero-order chi connectivity index (χ0) is 17.9. The van der Waals surface area contributed by atoms with Gasteiger partial charge in [-0.3, -0.25) is 4.99 Å². The Labute approximate surface area is 148 Å². The van der Waals surface area contributed by atoms with Crippen LogP contribution in [0.2, 0.25) is 0 Å². The first-order valence-corrected chi connectivity index (χ1v) is 8.70. The van der Waals surface area contributed by atoms with Crippen molar-refractivity contribution in [3.63, 3.8) is 0 Å². The number of rotatable bonds is 9. The molecule has 0 aliphatic rings. The van der Waals surface area contributed by atoms with E-state index in [1.165, 1.54) is 0 Å². The third-order valence-corrected chi connectivity index (χ3v) is 3.73. The normalized spacial score (nSPS) is 12.8. The van der Waals surface area contributed by atoms with Gasteiger partial charge in [-0.05, 0) is 25.8 Å². The van der Waals surface area contributed by atoms with Crippen molar-refractivity contribution >= 4 is 5.96 Å². The molecular formula is C18H27N5O2. The van der Waals surface area contributed by atoms with Crippen molar-refractivity contribution in [2.75, 3.05) is 26.2 Å². The summed E-state index contributed by atoms with van der Waals surface area (Å²) in [5.74, 6) is 2.07. The molecule has 0 aliphatic heterocycles. The van der Waals surface area contributed by atoms with E-state index in [0.29, 0.717) is 18.3 Å². The largest absolute Gasteiger partial charge is 0.396 e. The Morgan fingerprint density at radius 1 is 1.28 bits per heavy atom. The van der Waals surface area contributed by atoms with Gasteiger partial charge in [0.1, 0.15) is 0 Å². The van der Waals surface area contributed by atoms with Crippen LogP contribution in [0.25, 0.3) is 0 Å². The van der Waals surface area contributed by atoms with Crippen molar-refractivity contribution < 1.29 is 9.63 Å². The molecule has 0 fully saturated rings. The minimum absolute atomic E-state index is 0.00183. The van der Waals surface area contributed by atoms with Crippen LogP contribution in [0.3, 0.4) is 0 Å². The number of aliphatic hydroxyl groups is 1. The van der Waals surface area contributed by atoms with Crippen molar-refractivity contribution in [1.29, 1.82) is 0 Å². The van der Waals surface area contributed by atoms with E-state index < -0.39 is 0 Å². The van der Waals surface area contributed by atoms with Gasteiger partial charge >= 0.3 is 0 Å². The van der Waals surface area contributed by atoms with Crippen molar-refractivity contribution in [3.8, 4) is 0 Å². The quantitative estimate of drug-likeness (QED) is 0.363. The number of aliphatic hydroxyl groups excluding tert-OH is 1. The Morgan fingerprint density at radius 3 is 2.72 bits per heavy atom. The molecule has 3 N–H and O–H groups in total. The van der Waals surface area contributed by atoms with Crippen LogP contribution in [-0.4, -0.2) is 47.4 Å². The molecular weight excluding hydrogens is 318 g/mol. The summed E-state index contributed by atoms with van der Waals surface area (Å²) in [7, 11) is 0. The molecule has 0 aliphatic carbocycles. The van der Waals surface area contributed by atoms with Gasteiger partial charge in [-0.25, -0.2) is 0 Å². The average Bonchev–Trinajstić information content (AvgIpc) is 3.05. The zero-order valence-electron chi connectivity index (χ0n) is 14.9. The molecule has 1 aromatic carbocycles. The van der Waals surface area contributed by atoms with E-state index in [1.807, 2.05) is 44.2 Å². The lowest BCUT2D eigenvalue weighted by Crippen LogP contribution is -2.38. The number of guanidine groups is 1. The second-order valence-electron chi connectivity index (χ2n) is 5.78. The maximum absolute atomic E-state index is 9.63. The molecule has 2 rings (SSSR count). The molecule has 7 heteroatoms. The second kappa shape index (κ2) is 10.5. The molecule has 0 saturated heterocycles. The summed E-state index contributed by atoms with van der Waals surface area (Å²) in [6.45, 7) is 5.97. The molecule has 0 amide bonds. The highest BCUT2D eigenvalue weighted by atomic mass is 16.5. The molecule has 0 bridgehead atoms. The van der Waals surface area contributed by atoms with Crippen LogP contribution in [0, 0.1) is 6.92 Å². The van der Waals surface area contributed by atoms with Gasteiger partial charge in [0.05, 0.1) is 13.2 Å². The monoisotopic (exact) mass is 345 g/mol. The first-order chi connectivity index (χ1) is 12.2. The van der Waals surface area contributed by atoms with E-state index >= 15 is 0 Å². The highest BCUT2D eigenvalue weighted by molar-refractivity contribution is 5.79. The molecule has 136 valence electrons. The molecule has 0 spiro atoms. The van der Waals surface area contributed by atoms with E-state index in [9.17, 15) is 5.11 Å². The number of aliphatic imine (C=N–C) groups is 1. The van der Waals surface area contributed by atoms with Crippen LogP contribution < -0.4 is 10.6 Å². The van der Waals surface area contributed by atoms with Gasteiger partial charge < -0.3 is 20.3 Å². The smallest absolute Gasteiger partial charge is 0.226 e. The average molecular weight is 345 g/mol. The summed E-state index contributed by atoms with van der Waals surface area (Å²) >= 11 is 0. The van der Waals surface area contributed by atoms with Crippen LogP contribution >= 0.6 is 0 Å². The fraction of sp³-hybridized carbons (Fsp3) is 0.500. The molecule has 1 aromatic heterocycles. The summed E-state index contributed by atoms with van der Waals surface area (Å²) in [6, 6.07) is 9.96. The standard InChI is InChI=1S/C18H27N5O2/c1-3-19-18(20-11-7-10-17-22-14(2)23-25-17)21-12-16(13-24)15-8-5-4-6-9-15/h4-6,8-9,16,24H,3,7,10-13H2,1-2H3,(H2,19,20,21).